The number of hydrogen-bond donors (Lipinski definition) is 7. The van der Waals surface area contributed by atoms with Gasteiger partial charge < -0.3 is 64.2 Å². The van der Waals surface area contributed by atoms with E-state index in [2.05, 4.69) is 13.8 Å². The molecule has 15 heteroatoms. The molecule has 0 saturated carbocycles. The third-order valence-electron chi connectivity index (χ3n) is 10.6. The van der Waals surface area contributed by atoms with E-state index in [4.69, 9.17) is 28.4 Å². The van der Waals surface area contributed by atoms with Gasteiger partial charge in [-0.3, -0.25) is 9.59 Å². The molecule has 2 fully saturated rings. The van der Waals surface area contributed by atoms with Crippen molar-refractivity contribution in [2.75, 3.05) is 26.4 Å². The van der Waals surface area contributed by atoms with Gasteiger partial charge in [-0.2, -0.15) is 0 Å². The Hall–Kier alpha value is -1.50. The minimum Gasteiger partial charge on any atom is -0.462 e. The summed E-state index contributed by atoms with van der Waals surface area (Å²) >= 11 is 0. The average molecular weight is 809 g/mol. The molecule has 2 aliphatic heterocycles. The third kappa shape index (κ3) is 20.0. The maximum atomic E-state index is 12.8. The van der Waals surface area contributed by atoms with E-state index in [1.165, 1.54) is 77.0 Å². The van der Waals surface area contributed by atoms with E-state index in [1.54, 1.807) is 0 Å². The maximum Gasteiger partial charge on any atom is 0.306 e. The Morgan fingerprint density at radius 1 is 0.500 bits per heavy atom. The number of aliphatic hydroxyl groups is 7. The third-order valence-corrected chi connectivity index (χ3v) is 10.6. The molecule has 0 amide bonds. The minimum atomic E-state index is -1.76. The Balaban J connectivity index is 1.88. The Morgan fingerprint density at radius 2 is 0.911 bits per heavy atom. The number of unbranched alkanes of at least 4 members (excludes halogenated alkanes) is 18. The van der Waals surface area contributed by atoms with E-state index in [1.807, 2.05) is 0 Å². The molecule has 2 aliphatic rings. The topological polar surface area (TPSA) is 231 Å². The van der Waals surface area contributed by atoms with Gasteiger partial charge in [-0.25, -0.2) is 0 Å². The fraction of sp³-hybridized carbons (Fsp3) is 0.951. The predicted molar refractivity (Wildman–Crippen MR) is 206 cm³/mol. The van der Waals surface area contributed by atoms with Crippen molar-refractivity contribution in [3.05, 3.63) is 0 Å². The van der Waals surface area contributed by atoms with E-state index in [0.717, 1.165) is 38.5 Å². The van der Waals surface area contributed by atoms with Crippen molar-refractivity contribution >= 4 is 11.9 Å². The van der Waals surface area contributed by atoms with Crippen molar-refractivity contribution in [3.8, 4) is 0 Å². The monoisotopic (exact) mass is 809 g/mol. The average Bonchev–Trinajstić information content (AvgIpc) is 3.19. The van der Waals surface area contributed by atoms with Crippen molar-refractivity contribution in [2.24, 2.45) is 0 Å². The van der Waals surface area contributed by atoms with Crippen molar-refractivity contribution in [1.29, 1.82) is 0 Å². The molecule has 0 aromatic heterocycles. The zero-order valence-electron chi connectivity index (χ0n) is 34.1. The van der Waals surface area contributed by atoms with Gasteiger partial charge in [-0.05, 0) is 12.8 Å². The van der Waals surface area contributed by atoms with E-state index in [-0.39, 0.29) is 26.1 Å². The predicted octanol–water partition coefficient (Wildman–Crippen LogP) is 3.70. The molecule has 0 radical (unpaired) electrons. The Kier molecular flexibility index (Phi) is 27.6. The molecular formula is C41H76O15. The highest BCUT2D eigenvalue weighted by molar-refractivity contribution is 5.70. The summed E-state index contributed by atoms with van der Waals surface area (Å²) in [5.41, 5.74) is 0. The van der Waals surface area contributed by atoms with Crippen LogP contribution in [0.3, 0.4) is 0 Å². The molecule has 15 nitrogen and oxygen atoms in total. The highest BCUT2D eigenvalue weighted by Gasteiger charge is 2.47. The maximum absolute atomic E-state index is 12.8. The number of aliphatic hydroxyl groups excluding tert-OH is 7. The highest BCUT2D eigenvalue weighted by atomic mass is 16.7. The van der Waals surface area contributed by atoms with Gasteiger partial charge >= 0.3 is 11.9 Å². The summed E-state index contributed by atoms with van der Waals surface area (Å²) < 4.78 is 33.3. The van der Waals surface area contributed by atoms with Gasteiger partial charge in [0.05, 0.1) is 19.8 Å². The normalized spacial score (nSPS) is 28.6. The van der Waals surface area contributed by atoms with Crippen molar-refractivity contribution in [3.63, 3.8) is 0 Å². The lowest BCUT2D eigenvalue weighted by molar-refractivity contribution is -0.332. The molecule has 330 valence electrons. The molecule has 0 aromatic rings. The summed E-state index contributed by atoms with van der Waals surface area (Å²) in [4.78, 5) is 25.5. The molecule has 0 spiro atoms. The first-order valence-corrected chi connectivity index (χ1v) is 21.6. The van der Waals surface area contributed by atoms with Crippen LogP contribution in [0.25, 0.3) is 0 Å². The van der Waals surface area contributed by atoms with Gasteiger partial charge in [-0.15, -0.1) is 0 Å². The van der Waals surface area contributed by atoms with E-state index >= 15 is 0 Å². The summed E-state index contributed by atoms with van der Waals surface area (Å²) in [6, 6.07) is 0. The summed E-state index contributed by atoms with van der Waals surface area (Å²) in [5.74, 6) is -0.923. The number of hydrogen-bond acceptors (Lipinski definition) is 15. The van der Waals surface area contributed by atoms with Gasteiger partial charge in [0.25, 0.3) is 0 Å². The first-order chi connectivity index (χ1) is 27.0. The first-order valence-electron chi connectivity index (χ1n) is 21.6. The lowest BCUT2D eigenvalue weighted by atomic mass is 9.98. The highest BCUT2D eigenvalue weighted by Crippen LogP contribution is 2.26. The van der Waals surface area contributed by atoms with Gasteiger partial charge in [0.15, 0.2) is 18.7 Å². The van der Waals surface area contributed by atoms with E-state index < -0.39 is 92.7 Å². The van der Waals surface area contributed by atoms with Crippen LogP contribution in [0, 0.1) is 0 Å². The second-order valence-corrected chi connectivity index (χ2v) is 15.5. The Labute approximate surface area is 334 Å². The molecular weight excluding hydrogens is 732 g/mol. The van der Waals surface area contributed by atoms with Crippen molar-refractivity contribution in [1.82, 2.24) is 0 Å². The number of rotatable bonds is 32. The van der Waals surface area contributed by atoms with Gasteiger partial charge in [-0.1, -0.05) is 129 Å². The molecule has 0 bridgehead atoms. The van der Waals surface area contributed by atoms with E-state index in [0.29, 0.717) is 12.8 Å². The first kappa shape index (κ1) is 50.6. The van der Waals surface area contributed by atoms with Crippen LogP contribution in [0.4, 0.5) is 0 Å². The van der Waals surface area contributed by atoms with Crippen LogP contribution in [0.2, 0.25) is 0 Å². The number of ether oxygens (including phenoxy) is 6. The zero-order valence-corrected chi connectivity index (χ0v) is 34.1. The second-order valence-electron chi connectivity index (χ2n) is 15.5. The second kappa shape index (κ2) is 30.5. The van der Waals surface area contributed by atoms with Crippen LogP contribution in [0.15, 0.2) is 0 Å². The summed E-state index contributed by atoms with van der Waals surface area (Å²) in [6.45, 7) is 2.54. The quantitative estimate of drug-likeness (QED) is 0.0380. The molecule has 0 aromatic carbocycles. The fourth-order valence-corrected chi connectivity index (χ4v) is 6.92. The number of carbonyl (C=O) groups is 2. The Morgan fingerprint density at radius 3 is 1.39 bits per heavy atom. The summed E-state index contributed by atoms with van der Waals surface area (Å²) in [5, 5.41) is 71.6. The van der Waals surface area contributed by atoms with Gasteiger partial charge in [0.1, 0.15) is 55.4 Å². The fourth-order valence-electron chi connectivity index (χ4n) is 6.92. The smallest absolute Gasteiger partial charge is 0.306 e. The van der Waals surface area contributed by atoms with Crippen LogP contribution >= 0.6 is 0 Å². The molecule has 0 aliphatic carbocycles. The standard InChI is InChI=1S/C41H76O15/c1-3-5-7-9-11-13-15-17-19-21-23-32(43)51-26-29(54-33(44)24-22-20-18-16-14-12-10-8-6-4-2)27-52-40-39(50)37(48)35(46)31(56-40)28-53-41-38(49)36(47)34(45)30(25-42)55-41/h29-31,34-42,45-50H,3-28H2,1-2H3. The van der Waals surface area contributed by atoms with Crippen LogP contribution in [-0.4, -0.2) is 142 Å². The van der Waals surface area contributed by atoms with E-state index in [9.17, 15) is 45.3 Å². The molecule has 2 heterocycles. The lowest BCUT2D eigenvalue weighted by Gasteiger charge is -2.42. The van der Waals surface area contributed by atoms with Gasteiger partial charge in [0.2, 0.25) is 0 Å². The molecule has 56 heavy (non-hydrogen) atoms. The zero-order chi connectivity index (χ0) is 41.1. The lowest BCUT2D eigenvalue weighted by Crippen LogP contribution is -2.61. The SMILES string of the molecule is CCCCCCCCCCCCC(=O)OCC(COC1OC(COC2OC(CO)C(O)C(O)C2O)C(O)C(O)C1O)OC(=O)CCCCCCCCCCCC. The van der Waals surface area contributed by atoms with Crippen LogP contribution in [-0.2, 0) is 38.0 Å². The summed E-state index contributed by atoms with van der Waals surface area (Å²) in [6.07, 6.45) is 5.94. The molecule has 11 atom stereocenters. The summed E-state index contributed by atoms with van der Waals surface area (Å²) in [7, 11) is 0. The van der Waals surface area contributed by atoms with Gasteiger partial charge in [0, 0.05) is 12.8 Å². The molecule has 2 saturated heterocycles. The molecule has 2 rings (SSSR count). The van der Waals surface area contributed by atoms with Crippen LogP contribution < -0.4 is 0 Å². The number of esters is 2. The van der Waals surface area contributed by atoms with Crippen molar-refractivity contribution < 1.29 is 73.8 Å². The molecule has 7 N–H and O–H groups in total. The largest absolute Gasteiger partial charge is 0.462 e. The Bertz CT molecular complexity index is 1000. The minimum absolute atomic E-state index is 0.171. The number of carbonyl (C=O) groups excluding carboxylic acids is 2. The molecule has 11 unspecified atom stereocenters. The van der Waals surface area contributed by atoms with Crippen LogP contribution in [0.5, 0.6) is 0 Å². The van der Waals surface area contributed by atoms with Crippen LogP contribution in [0.1, 0.15) is 155 Å². The van der Waals surface area contributed by atoms with Crippen molar-refractivity contribution in [2.45, 2.75) is 223 Å².